The number of benzene rings is 1. The minimum atomic E-state index is -0.711. The summed E-state index contributed by atoms with van der Waals surface area (Å²) in [5.41, 5.74) is 7.82. The molecule has 1 aliphatic rings. The first-order valence-electron chi connectivity index (χ1n) is 9.89. The summed E-state index contributed by atoms with van der Waals surface area (Å²) in [6.07, 6.45) is 3.29. The van der Waals surface area contributed by atoms with Gasteiger partial charge in [-0.1, -0.05) is 23.5 Å². The second-order valence-electron chi connectivity index (χ2n) is 7.10. The highest BCUT2D eigenvalue weighted by molar-refractivity contribution is 7.20. The van der Waals surface area contributed by atoms with Crippen molar-refractivity contribution in [1.82, 2.24) is 20.2 Å². The van der Waals surface area contributed by atoms with E-state index >= 15 is 0 Å². The summed E-state index contributed by atoms with van der Waals surface area (Å²) in [5, 5.41) is 9.88. The lowest BCUT2D eigenvalue weighted by atomic mass is 10.1. The van der Waals surface area contributed by atoms with Crippen LogP contribution in [0.15, 0.2) is 48.8 Å². The Labute approximate surface area is 183 Å². The van der Waals surface area contributed by atoms with Gasteiger partial charge in [-0.05, 0) is 29.8 Å². The quantitative estimate of drug-likeness (QED) is 0.446. The Balaban J connectivity index is 1.44. The number of carbonyl (C=O) groups excluding carboxylic acids is 2. The molecule has 0 radical (unpaired) electrons. The van der Waals surface area contributed by atoms with Crippen LogP contribution < -0.4 is 21.7 Å². The second-order valence-corrected chi connectivity index (χ2v) is 8.10. The molecule has 0 atom stereocenters. The van der Waals surface area contributed by atoms with E-state index in [4.69, 9.17) is 5.73 Å². The van der Waals surface area contributed by atoms with Crippen molar-refractivity contribution in [3.63, 3.8) is 0 Å². The molecule has 1 aromatic carbocycles. The summed E-state index contributed by atoms with van der Waals surface area (Å²) >= 11 is 1.14. The highest BCUT2D eigenvalue weighted by Crippen LogP contribution is 2.30. The minimum Gasteiger partial charge on any atom is -0.364 e. The number of hydrogen-bond acceptors (Lipinski definition) is 8. The van der Waals surface area contributed by atoms with Crippen LogP contribution in [0.25, 0.3) is 0 Å². The van der Waals surface area contributed by atoms with Gasteiger partial charge in [-0.15, -0.1) is 0 Å². The number of piperazine rings is 1. The number of aromatic nitrogens is 2. The molecule has 31 heavy (non-hydrogen) atoms. The Morgan fingerprint density at radius 3 is 2.61 bits per heavy atom. The molecule has 4 rings (SSSR count). The van der Waals surface area contributed by atoms with Crippen LogP contribution in [0, 0.1) is 0 Å². The van der Waals surface area contributed by atoms with Crippen molar-refractivity contribution < 1.29 is 9.59 Å². The number of pyridine rings is 1. The van der Waals surface area contributed by atoms with Gasteiger partial charge in [0.15, 0.2) is 10.8 Å². The Morgan fingerprint density at radius 2 is 1.94 bits per heavy atom. The summed E-state index contributed by atoms with van der Waals surface area (Å²) < 4.78 is 0. The van der Waals surface area contributed by atoms with Crippen LogP contribution in [0.4, 0.5) is 15.8 Å². The molecule has 0 unspecified atom stereocenters. The molecule has 0 spiro atoms. The maximum absolute atomic E-state index is 12.7. The Morgan fingerprint density at radius 1 is 1.16 bits per heavy atom. The van der Waals surface area contributed by atoms with Gasteiger partial charge >= 0.3 is 0 Å². The van der Waals surface area contributed by atoms with E-state index < -0.39 is 5.91 Å². The number of nitrogens with one attached hydrogen (secondary N) is 3. The third kappa shape index (κ3) is 5.43. The van der Waals surface area contributed by atoms with Crippen molar-refractivity contribution in [3.05, 3.63) is 65.6 Å². The molecule has 10 heteroatoms. The van der Waals surface area contributed by atoms with E-state index in [9.17, 15) is 9.59 Å². The third-order valence-electron chi connectivity index (χ3n) is 4.83. The smallest absolute Gasteiger partial charge is 0.270 e. The Kier molecular flexibility index (Phi) is 6.51. The Bertz CT molecular complexity index is 1050. The van der Waals surface area contributed by atoms with Gasteiger partial charge in [0.2, 0.25) is 0 Å². The number of anilines is 3. The second kappa shape index (κ2) is 9.65. The van der Waals surface area contributed by atoms with Gasteiger partial charge in [0.1, 0.15) is 5.00 Å². The average Bonchev–Trinajstić information content (AvgIpc) is 3.18. The number of primary amides is 1. The largest absolute Gasteiger partial charge is 0.364 e. The van der Waals surface area contributed by atoms with Gasteiger partial charge in [0.05, 0.1) is 11.9 Å². The fraction of sp³-hybridized carbons (Fsp3) is 0.238. The van der Waals surface area contributed by atoms with E-state index in [1.807, 2.05) is 18.2 Å². The standard InChI is InChI=1S/C21H23N7O2S/c22-18(29)17-20(31-21(26-17)25-16-2-1-7-24-12-16)27-19(30)15-5-3-14(4-6-15)13-28-10-8-23-9-11-28/h1-7,12,23H,8-11,13H2,(H2,22,29)(H,25,26)(H,27,30). The van der Waals surface area contributed by atoms with E-state index in [1.54, 1.807) is 30.6 Å². The molecule has 1 saturated heterocycles. The van der Waals surface area contributed by atoms with Crippen LogP contribution in [-0.4, -0.2) is 52.9 Å². The summed E-state index contributed by atoms with van der Waals surface area (Å²) in [6.45, 7) is 4.87. The number of carbonyl (C=O) groups is 2. The first-order chi connectivity index (χ1) is 15.1. The van der Waals surface area contributed by atoms with E-state index in [0.29, 0.717) is 21.4 Å². The number of nitrogens with two attached hydrogens (primary N) is 1. The molecule has 9 nitrogen and oxygen atoms in total. The predicted octanol–water partition coefficient (Wildman–Crippen LogP) is 2.04. The SMILES string of the molecule is NC(=O)c1nc(Nc2cccnc2)sc1NC(=O)c1ccc(CN2CCNCC2)cc1. The van der Waals surface area contributed by atoms with Crippen LogP contribution in [-0.2, 0) is 6.54 Å². The minimum absolute atomic E-state index is 0.0140. The molecule has 3 heterocycles. The first-order valence-corrected chi connectivity index (χ1v) is 10.7. The van der Waals surface area contributed by atoms with E-state index in [2.05, 4.69) is 30.8 Å². The Hall–Kier alpha value is -3.34. The highest BCUT2D eigenvalue weighted by atomic mass is 32.1. The van der Waals surface area contributed by atoms with Gasteiger partial charge in [-0.2, -0.15) is 0 Å². The summed E-state index contributed by atoms with van der Waals surface area (Å²) in [6, 6.07) is 11.1. The molecular formula is C21H23N7O2S. The van der Waals surface area contributed by atoms with E-state index in [-0.39, 0.29) is 11.6 Å². The third-order valence-corrected chi connectivity index (χ3v) is 5.72. The van der Waals surface area contributed by atoms with Gasteiger partial charge in [-0.25, -0.2) is 4.98 Å². The van der Waals surface area contributed by atoms with Crippen LogP contribution in [0.5, 0.6) is 0 Å². The molecule has 0 aliphatic carbocycles. The van der Waals surface area contributed by atoms with Crippen LogP contribution >= 0.6 is 11.3 Å². The molecule has 5 N–H and O–H groups in total. The van der Waals surface area contributed by atoms with Crippen LogP contribution in [0.3, 0.4) is 0 Å². The fourth-order valence-corrected chi connectivity index (χ4v) is 4.14. The van der Waals surface area contributed by atoms with Crippen molar-refractivity contribution in [2.45, 2.75) is 6.54 Å². The highest BCUT2D eigenvalue weighted by Gasteiger charge is 2.19. The van der Waals surface area contributed by atoms with Crippen molar-refractivity contribution in [2.75, 3.05) is 36.8 Å². The molecule has 2 aromatic heterocycles. The van der Waals surface area contributed by atoms with Crippen molar-refractivity contribution in [2.24, 2.45) is 5.73 Å². The first kappa shape index (κ1) is 20.9. The number of thiazole rings is 1. The summed E-state index contributed by atoms with van der Waals surface area (Å²) in [5.74, 6) is -1.04. The van der Waals surface area contributed by atoms with Crippen LogP contribution in [0.1, 0.15) is 26.4 Å². The maximum Gasteiger partial charge on any atom is 0.270 e. The monoisotopic (exact) mass is 437 g/mol. The van der Waals surface area contributed by atoms with Crippen molar-refractivity contribution in [1.29, 1.82) is 0 Å². The molecule has 1 fully saturated rings. The van der Waals surface area contributed by atoms with Crippen molar-refractivity contribution in [3.8, 4) is 0 Å². The summed E-state index contributed by atoms with van der Waals surface area (Å²) in [4.78, 5) is 35.1. The van der Waals surface area contributed by atoms with Gasteiger partial charge in [0.25, 0.3) is 11.8 Å². The zero-order chi connectivity index (χ0) is 21.6. The normalized spacial score (nSPS) is 14.2. The lowest BCUT2D eigenvalue weighted by Crippen LogP contribution is -2.42. The number of hydrogen-bond donors (Lipinski definition) is 4. The topological polar surface area (TPSA) is 125 Å². The number of rotatable bonds is 7. The maximum atomic E-state index is 12.7. The predicted molar refractivity (Wildman–Crippen MR) is 121 cm³/mol. The number of nitrogens with zero attached hydrogens (tertiary/aromatic N) is 3. The van der Waals surface area contributed by atoms with Crippen molar-refractivity contribution >= 4 is 39.0 Å². The molecule has 3 aromatic rings. The van der Waals surface area contributed by atoms with Gasteiger partial charge in [-0.3, -0.25) is 19.5 Å². The lowest BCUT2D eigenvalue weighted by molar-refractivity contribution is 0.0997. The fourth-order valence-electron chi connectivity index (χ4n) is 3.25. The molecule has 2 amide bonds. The van der Waals surface area contributed by atoms with E-state index in [1.165, 1.54) is 0 Å². The zero-order valence-electron chi connectivity index (χ0n) is 16.8. The van der Waals surface area contributed by atoms with Gasteiger partial charge < -0.3 is 21.7 Å². The molecule has 0 saturated carbocycles. The average molecular weight is 438 g/mol. The number of amides is 2. The molecule has 1 aliphatic heterocycles. The van der Waals surface area contributed by atoms with E-state index in [0.717, 1.165) is 49.6 Å². The summed E-state index contributed by atoms with van der Waals surface area (Å²) in [7, 11) is 0. The zero-order valence-corrected chi connectivity index (χ0v) is 17.6. The van der Waals surface area contributed by atoms with Crippen LogP contribution in [0.2, 0.25) is 0 Å². The molecular weight excluding hydrogens is 414 g/mol. The molecule has 0 bridgehead atoms. The molecule has 160 valence electrons. The van der Waals surface area contributed by atoms with Gasteiger partial charge in [0, 0.05) is 44.5 Å². The lowest BCUT2D eigenvalue weighted by Gasteiger charge is -2.27.